The molecule has 0 bridgehead atoms. The molecule has 4 rings (SSSR count). The third-order valence-electron chi connectivity index (χ3n) is 4.82. The van der Waals surface area contributed by atoms with Gasteiger partial charge in [-0.05, 0) is 43.6 Å². The van der Waals surface area contributed by atoms with Crippen LogP contribution in [0, 0.1) is 5.92 Å². The second kappa shape index (κ2) is 6.07. The maximum atomic E-state index is 5.96. The van der Waals surface area contributed by atoms with Crippen molar-refractivity contribution in [2.24, 2.45) is 5.92 Å². The van der Waals surface area contributed by atoms with Crippen molar-refractivity contribution >= 4 is 0 Å². The predicted octanol–water partition coefficient (Wildman–Crippen LogP) is 1.68. The zero-order valence-corrected chi connectivity index (χ0v) is 12.6. The summed E-state index contributed by atoms with van der Waals surface area (Å²) in [6, 6.07) is 0.571. The zero-order chi connectivity index (χ0) is 14.1. The molecule has 1 saturated heterocycles. The second-order valence-electron chi connectivity index (χ2n) is 6.61. The summed E-state index contributed by atoms with van der Waals surface area (Å²) in [6.45, 7) is 4.54. The van der Waals surface area contributed by atoms with Gasteiger partial charge in [-0.25, -0.2) is 0 Å². The van der Waals surface area contributed by atoms with Crippen LogP contribution in [-0.2, 0) is 22.4 Å². The van der Waals surface area contributed by atoms with Gasteiger partial charge in [-0.1, -0.05) is 0 Å². The van der Waals surface area contributed by atoms with Gasteiger partial charge in [0.05, 0.1) is 12.3 Å². The van der Waals surface area contributed by atoms with Crippen LogP contribution in [-0.4, -0.2) is 42.2 Å². The Morgan fingerprint density at radius 3 is 2.86 bits per heavy atom. The van der Waals surface area contributed by atoms with Gasteiger partial charge in [0.15, 0.2) is 0 Å². The van der Waals surface area contributed by atoms with E-state index in [0.29, 0.717) is 6.04 Å². The van der Waals surface area contributed by atoms with E-state index in [1.807, 2.05) is 0 Å². The predicted molar refractivity (Wildman–Crippen MR) is 79.2 cm³/mol. The van der Waals surface area contributed by atoms with Crippen molar-refractivity contribution < 1.29 is 9.47 Å². The highest BCUT2D eigenvalue weighted by atomic mass is 16.5. The fraction of sp³-hybridized carbons (Fsp3) is 0.812. The molecule has 2 aliphatic heterocycles. The van der Waals surface area contributed by atoms with Gasteiger partial charge in [-0.3, -0.25) is 4.68 Å². The van der Waals surface area contributed by atoms with Crippen molar-refractivity contribution in [3.8, 4) is 0 Å². The Bertz CT molecular complexity index is 478. The van der Waals surface area contributed by atoms with E-state index in [0.717, 1.165) is 58.1 Å². The minimum absolute atomic E-state index is 0.122. The van der Waals surface area contributed by atoms with Crippen molar-refractivity contribution in [3.05, 3.63) is 17.5 Å². The number of ether oxygens (including phenoxy) is 2. The molecule has 0 spiro atoms. The molecule has 2 fully saturated rings. The van der Waals surface area contributed by atoms with E-state index in [1.54, 1.807) is 0 Å². The summed E-state index contributed by atoms with van der Waals surface area (Å²) in [6.07, 6.45) is 8.33. The van der Waals surface area contributed by atoms with E-state index in [1.165, 1.54) is 24.1 Å². The normalized spacial score (nSPS) is 26.8. The Morgan fingerprint density at radius 2 is 2.05 bits per heavy atom. The van der Waals surface area contributed by atoms with Crippen LogP contribution < -0.4 is 5.32 Å². The highest BCUT2D eigenvalue weighted by Gasteiger charge is 2.28. The van der Waals surface area contributed by atoms with Crippen molar-refractivity contribution in [2.45, 2.75) is 50.8 Å². The van der Waals surface area contributed by atoms with E-state index < -0.39 is 0 Å². The molecule has 21 heavy (non-hydrogen) atoms. The van der Waals surface area contributed by atoms with Gasteiger partial charge in [-0.15, -0.1) is 0 Å². The molecule has 1 atom stereocenters. The average molecular weight is 291 g/mol. The van der Waals surface area contributed by atoms with E-state index in [-0.39, 0.29) is 6.10 Å². The summed E-state index contributed by atoms with van der Waals surface area (Å²) in [5.41, 5.74) is 2.56. The van der Waals surface area contributed by atoms with Crippen LogP contribution >= 0.6 is 0 Å². The van der Waals surface area contributed by atoms with E-state index in [4.69, 9.17) is 14.6 Å². The first kappa shape index (κ1) is 13.7. The summed E-state index contributed by atoms with van der Waals surface area (Å²) < 4.78 is 13.5. The maximum Gasteiger partial charge on any atom is 0.114 e. The van der Waals surface area contributed by atoms with Crippen LogP contribution in [0.2, 0.25) is 0 Å². The van der Waals surface area contributed by atoms with Gasteiger partial charge in [-0.2, -0.15) is 5.10 Å². The topological polar surface area (TPSA) is 48.3 Å². The van der Waals surface area contributed by atoms with Gasteiger partial charge in [0.1, 0.15) is 6.10 Å². The molecule has 0 amide bonds. The Hall–Kier alpha value is -0.910. The number of nitrogens with one attached hydrogen (secondary N) is 1. The van der Waals surface area contributed by atoms with Crippen molar-refractivity contribution in [3.63, 3.8) is 0 Å². The van der Waals surface area contributed by atoms with Crippen molar-refractivity contribution in [2.75, 3.05) is 26.4 Å². The molecule has 0 radical (unpaired) electrons. The van der Waals surface area contributed by atoms with Gasteiger partial charge in [0.2, 0.25) is 0 Å². The molecule has 1 aromatic heterocycles. The van der Waals surface area contributed by atoms with Gasteiger partial charge in [0.25, 0.3) is 0 Å². The Morgan fingerprint density at radius 1 is 1.19 bits per heavy atom. The smallest absolute Gasteiger partial charge is 0.114 e. The molecule has 3 aliphatic rings. The summed E-state index contributed by atoms with van der Waals surface area (Å²) in [5, 5.41) is 8.44. The Balaban J connectivity index is 1.38. The molecular formula is C16H25N3O2. The fourth-order valence-electron chi connectivity index (χ4n) is 3.32. The lowest BCUT2D eigenvalue weighted by Gasteiger charge is -2.27. The molecule has 1 aliphatic carbocycles. The monoisotopic (exact) mass is 291 g/mol. The second-order valence-corrected chi connectivity index (χ2v) is 6.61. The number of hydrogen-bond acceptors (Lipinski definition) is 4. The lowest BCUT2D eigenvalue weighted by molar-refractivity contribution is 0.0297. The number of nitrogens with zero attached hydrogens (tertiary/aromatic N) is 2. The lowest BCUT2D eigenvalue weighted by Crippen LogP contribution is -2.38. The van der Waals surface area contributed by atoms with Gasteiger partial charge < -0.3 is 14.8 Å². The Kier molecular flexibility index (Phi) is 3.97. The summed E-state index contributed by atoms with van der Waals surface area (Å²) in [4.78, 5) is 0. The van der Waals surface area contributed by atoms with Gasteiger partial charge >= 0.3 is 0 Å². The highest BCUT2D eigenvalue weighted by Crippen LogP contribution is 2.32. The minimum atomic E-state index is 0.122. The molecule has 1 unspecified atom stereocenters. The van der Waals surface area contributed by atoms with E-state index >= 15 is 0 Å². The summed E-state index contributed by atoms with van der Waals surface area (Å²) in [7, 11) is 0. The van der Waals surface area contributed by atoms with Gasteiger partial charge in [0, 0.05) is 38.5 Å². The molecule has 1 aromatic rings. The molecule has 116 valence electrons. The molecular weight excluding hydrogens is 266 g/mol. The summed E-state index contributed by atoms with van der Waals surface area (Å²) in [5.74, 6) is 0.867. The molecule has 3 heterocycles. The molecule has 5 nitrogen and oxygen atoms in total. The number of aromatic nitrogens is 2. The number of hydrogen-bond donors (Lipinski definition) is 1. The minimum Gasteiger partial charge on any atom is -0.381 e. The fourth-order valence-corrected chi connectivity index (χ4v) is 3.32. The molecule has 5 heteroatoms. The third kappa shape index (κ3) is 3.30. The average Bonchev–Trinajstić information content (AvgIpc) is 3.23. The van der Waals surface area contributed by atoms with Crippen LogP contribution in [0.3, 0.4) is 0 Å². The Labute approximate surface area is 126 Å². The molecule has 1 N–H and O–H groups in total. The van der Waals surface area contributed by atoms with Crippen molar-refractivity contribution in [1.29, 1.82) is 0 Å². The lowest BCUT2D eigenvalue weighted by atomic mass is 10.0. The highest BCUT2D eigenvalue weighted by molar-refractivity contribution is 5.22. The SMILES string of the molecule is c1c2c(nn1CC1CC1)C(CNC1CCOCC1)OCC2. The van der Waals surface area contributed by atoms with Crippen LogP contribution in [0.15, 0.2) is 6.20 Å². The van der Waals surface area contributed by atoms with E-state index in [2.05, 4.69) is 16.2 Å². The largest absolute Gasteiger partial charge is 0.381 e. The number of fused-ring (bicyclic) bond motifs is 1. The number of rotatable bonds is 5. The van der Waals surface area contributed by atoms with Crippen LogP contribution in [0.25, 0.3) is 0 Å². The van der Waals surface area contributed by atoms with Crippen LogP contribution in [0.4, 0.5) is 0 Å². The zero-order valence-electron chi connectivity index (χ0n) is 12.6. The van der Waals surface area contributed by atoms with Crippen molar-refractivity contribution in [1.82, 2.24) is 15.1 Å². The first-order valence-corrected chi connectivity index (χ1v) is 8.37. The van der Waals surface area contributed by atoms with Crippen LogP contribution in [0.1, 0.15) is 43.0 Å². The third-order valence-corrected chi connectivity index (χ3v) is 4.82. The first-order valence-electron chi connectivity index (χ1n) is 8.37. The van der Waals surface area contributed by atoms with Crippen LogP contribution in [0.5, 0.6) is 0 Å². The standard InChI is InChI=1S/C16H25N3O2/c1-2-12(1)10-19-11-13-3-8-21-15(16(13)18-19)9-17-14-4-6-20-7-5-14/h11-12,14-15,17H,1-10H2. The summed E-state index contributed by atoms with van der Waals surface area (Å²) >= 11 is 0. The quantitative estimate of drug-likeness (QED) is 0.896. The molecule has 0 aromatic carbocycles. The molecule has 1 saturated carbocycles. The van der Waals surface area contributed by atoms with E-state index in [9.17, 15) is 0 Å². The maximum absolute atomic E-state index is 5.96. The first-order chi connectivity index (χ1) is 10.4.